The van der Waals surface area contributed by atoms with Crippen molar-refractivity contribution in [1.82, 2.24) is 0 Å². The van der Waals surface area contributed by atoms with Gasteiger partial charge < -0.3 is 14.2 Å². The van der Waals surface area contributed by atoms with Crippen molar-refractivity contribution in [2.24, 2.45) is 5.92 Å². The summed E-state index contributed by atoms with van der Waals surface area (Å²) >= 11 is 0. The van der Waals surface area contributed by atoms with Crippen molar-refractivity contribution in [3.8, 4) is 0 Å². The van der Waals surface area contributed by atoms with Gasteiger partial charge in [-0.3, -0.25) is 14.4 Å². The number of rotatable bonds is 48. The number of ether oxygens (including phenoxy) is 3. The van der Waals surface area contributed by atoms with Crippen molar-refractivity contribution >= 4 is 17.9 Å². The van der Waals surface area contributed by atoms with Crippen LogP contribution >= 0.6 is 0 Å². The summed E-state index contributed by atoms with van der Waals surface area (Å²) in [5, 5.41) is 0. The van der Waals surface area contributed by atoms with E-state index in [9.17, 15) is 14.4 Å². The van der Waals surface area contributed by atoms with Crippen LogP contribution in [-0.4, -0.2) is 37.2 Å². The van der Waals surface area contributed by atoms with Crippen LogP contribution < -0.4 is 0 Å². The van der Waals surface area contributed by atoms with E-state index in [4.69, 9.17) is 14.2 Å². The SMILES string of the molecule is CCCCCCCCCCCCCCCCCC(=O)OC[C@@H](COC(=O)CCCCCCCCCCCCC(C)C)OC(=O)CCCCCCCCCCCCCCC. The molecule has 6 nitrogen and oxygen atoms in total. The average Bonchev–Trinajstić information content (AvgIpc) is 3.22. The maximum absolute atomic E-state index is 12.8. The molecule has 0 bridgehead atoms. The molecule has 0 radical (unpaired) electrons. The van der Waals surface area contributed by atoms with Gasteiger partial charge in [-0.1, -0.05) is 259 Å². The average molecular weight is 835 g/mol. The predicted molar refractivity (Wildman–Crippen MR) is 252 cm³/mol. The lowest BCUT2D eigenvalue weighted by Crippen LogP contribution is -2.30. The Hall–Kier alpha value is -1.59. The van der Waals surface area contributed by atoms with E-state index in [1.165, 1.54) is 193 Å². The van der Waals surface area contributed by atoms with Gasteiger partial charge in [0.15, 0.2) is 6.10 Å². The minimum atomic E-state index is -0.760. The van der Waals surface area contributed by atoms with Crippen molar-refractivity contribution in [2.75, 3.05) is 13.2 Å². The maximum Gasteiger partial charge on any atom is 0.306 e. The third-order valence-corrected chi connectivity index (χ3v) is 12.0. The van der Waals surface area contributed by atoms with Gasteiger partial charge in [0.25, 0.3) is 0 Å². The topological polar surface area (TPSA) is 78.9 Å². The smallest absolute Gasteiger partial charge is 0.306 e. The van der Waals surface area contributed by atoms with Crippen LogP contribution in [0.4, 0.5) is 0 Å². The molecule has 0 saturated heterocycles. The summed E-state index contributed by atoms with van der Waals surface area (Å²) in [5.41, 5.74) is 0. The van der Waals surface area contributed by atoms with Gasteiger partial charge >= 0.3 is 17.9 Å². The summed E-state index contributed by atoms with van der Waals surface area (Å²) < 4.78 is 16.8. The van der Waals surface area contributed by atoms with Gasteiger partial charge in [0.05, 0.1) is 0 Å². The fourth-order valence-electron chi connectivity index (χ4n) is 8.04. The Morgan fingerprint density at radius 1 is 0.322 bits per heavy atom. The molecular weight excluding hydrogens is 733 g/mol. The number of carbonyl (C=O) groups excluding carboxylic acids is 3. The second-order valence-electron chi connectivity index (χ2n) is 18.6. The minimum absolute atomic E-state index is 0.0626. The number of hydrogen-bond donors (Lipinski definition) is 0. The lowest BCUT2D eigenvalue weighted by atomic mass is 10.0. The van der Waals surface area contributed by atoms with Crippen molar-refractivity contribution in [2.45, 2.75) is 303 Å². The normalized spacial score (nSPS) is 11.9. The van der Waals surface area contributed by atoms with Gasteiger partial charge in [-0.05, 0) is 25.2 Å². The van der Waals surface area contributed by atoms with Gasteiger partial charge in [-0.15, -0.1) is 0 Å². The Morgan fingerprint density at radius 2 is 0.559 bits per heavy atom. The first kappa shape index (κ1) is 57.4. The lowest BCUT2D eigenvalue weighted by Gasteiger charge is -2.18. The molecule has 1 atom stereocenters. The Morgan fingerprint density at radius 3 is 0.831 bits per heavy atom. The molecule has 0 amide bonds. The van der Waals surface area contributed by atoms with E-state index in [2.05, 4.69) is 27.7 Å². The third-order valence-electron chi connectivity index (χ3n) is 12.0. The van der Waals surface area contributed by atoms with Crippen LogP contribution in [0.2, 0.25) is 0 Å². The summed E-state index contributed by atoms with van der Waals surface area (Å²) in [4.78, 5) is 38.0. The van der Waals surface area contributed by atoms with Crippen LogP contribution in [-0.2, 0) is 28.6 Å². The summed E-state index contributed by atoms with van der Waals surface area (Å²) in [7, 11) is 0. The Balaban J connectivity index is 4.31. The van der Waals surface area contributed by atoms with Crippen LogP contribution in [0.15, 0.2) is 0 Å². The van der Waals surface area contributed by atoms with E-state index in [0.29, 0.717) is 19.3 Å². The van der Waals surface area contributed by atoms with E-state index in [1.54, 1.807) is 0 Å². The second-order valence-corrected chi connectivity index (χ2v) is 18.6. The van der Waals surface area contributed by atoms with E-state index >= 15 is 0 Å². The molecule has 350 valence electrons. The molecule has 0 N–H and O–H groups in total. The first-order valence-corrected chi connectivity index (χ1v) is 26.4. The monoisotopic (exact) mass is 835 g/mol. The highest BCUT2D eigenvalue weighted by atomic mass is 16.6. The summed E-state index contributed by atoms with van der Waals surface area (Å²) in [6.07, 6.45) is 49.4. The van der Waals surface area contributed by atoms with Crippen LogP contribution in [0.3, 0.4) is 0 Å². The molecule has 0 unspecified atom stereocenters. The zero-order valence-corrected chi connectivity index (χ0v) is 40.2. The highest BCUT2D eigenvalue weighted by Gasteiger charge is 2.19. The number of carbonyl (C=O) groups is 3. The molecule has 0 aliphatic heterocycles. The quantitative estimate of drug-likeness (QED) is 0.0345. The molecule has 0 aliphatic carbocycles. The molecule has 0 aliphatic rings. The lowest BCUT2D eigenvalue weighted by molar-refractivity contribution is -0.167. The van der Waals surface area contributed by atoms with Crippen LogP contribution in [0.1, 0.15) is 297 Å². The first-order valence-electron chi connectivity index (χ1n) is 26.4. The Kier molecular flexibility index (Phi) is 46.2. The van der Waals surface area contributed by atoms with Crippen molar-refractivity contribution in [3.63, 3.8) is 0 Å². The number of hydrogen-bond acceptors (Lipinski definition) is 6. The summed E-state index contributed by atoms with van der Waals surface area (Å²) in [5.74, 6) is -0.0242. The highest BCUT2D eigenvalue weighted by Crippen LogP contribution is 2.17. The van der Waals surface area contributed by atoms with Gasteiger partial charge in [0.1, 0.15) is 13.2 Å². The molecule has 0 heterocycles. The molecule has 0 aromatic heterocycles. The number of unbranched alkanes of at least 4 members (excludes halogenated alkanes) is 35. The van der Waals surface area contributed by atoms with E-state index in [0.717, 1.165) is 63.7 Å². The second kappa shape index (κ2) is 47.5. The largest absolute Gasteiger partial charge is 0.462 e. The molecule has 59 heavy (non-hydrogen) atoms. The molecule has 0 fully saturated rings. The van der Waals surface area contributed by atoms with Gasteiger partial charge in [0, 0.05) is 19.3 Å². The standard InChI is InChI=1S/C53H102O6/c1-5-7-9-11-13-15-17-19-20-22-23-28-32-36-40-44-51(54)57-47-50(59-53(56)46-42-38-34-30-24-21-18-16-14-12-10-8-6-2)48-58-52(55)45-41-37-33-29-26-25-27-31-35-39-43-49(3)4/h49-50H,5-48H2,1-4H3/t50-/m0/s1. The minimum Gasteiger partial charge on any atom is -0.462 e. The van der Waals surface area contributed by atoms with E-state index in [-0.39, 0.29) is 31.1 Å². The molecule has 0 rings (SSSR count). The van der Waals surface area contributed by atoms with Crippen molar-refractivity contribution < 1.29 is 28.6 Å². The number of esters is 3. The van der Waals surface area contributed by atoms with Crippen LogP contribution in [0, 0.1) is 5.92 Å². The van der Waals surface area contributed by atoms with E-state index in [1.807, 2.05) is 0 Å². The van der Waals surface area contributed by atoms with E-state index < -0.39 is 6.10 Å². The fraction of sp³-hybridized carbons (Fsp3) is 0.943. The predicted octanol–water partition coefficient (Wildman–Crippen LogP) is 17.1. The Labute approximate surface area is 368 Å². The molecule has 0 saturated carbocycles. The fourth-order valence-corrected chi connectivity index (χ4v) is 8.04. The van der Waals surface area contributed by atoms with Crippen molar-refractivity contribution in [1.29, 1.82) is 0 Å². The Bertz CT molecular complexity index is 887. The summed E-state index contributed by atoms with van der Waals surface area (Å²) in [6, 6.07) is 0. The van der Waals surface area contributed by atoms with Crippen molar-refractivity contribution in [3.05, 3.63) is 0 Å². The summed E-state index contributed by atoms with van der Waals surface area (Å²) in [6.45, 7) is 9.02. The van der Waals surface area contributed by atoms with Gasteiger partial charge in [-0.2, -0.15) is 0 Å². The molecule has 6 heteroatoms. The molecular formula is C53H102O6. The van der Waals surface area contributed by atoms with Gasteiger partial charge in [0.2, 0.25) is 0 Å². The third kappa shape index (κ3) is 47.3. The van der Waals surface area contributed by atoms with Gasteiger partial charge in [-0.25, -0.2) is 0 Å². The molecule has 0 aromatic carbocycles. The first-order chi connectivity index (χ1) is 28.9. The van der Waals surface area contributed by atoms with Crippen LogP contribution in [0.25, 0.3) is 0 Å². The molecule has 0 spiro atoms. The maximum atomic E-state index is 12.8. The highest BCUT2D eigenvalue weighted by molar-refractivity contribution is 5.71. The zero-order valence-electron chi connectivity index (χ0n) is 40.2. The van der Waals surface area contributed by atoms with Crippen LogP contribution in [0.5, 0.6) is 0 Å². The molecule has 0 aromatic rings. The zero-order chi connectivity index (χ0) is 43.1.